The van der Waals surface area contributed by atoms with E-state index in [1.807, 2.05) is 19.9 Å². The van der Waals surface area contributed by atoms with Crippen molar-refractivity contribution in [2.45, 2.75) is 20.0 Å². The van der Waals surface area contributed by atoms with Gasteiger partial charge in [0, 0.05) is 5.56 Å². The number of imidazole rings is 1. The number of H-pyrrole nitrogens is 1. The van der Waals surface area contributed by atoms with E-state index in [1.165, 1.54) is 16.7 Å². The first-order valence-electron chi connectivity index (χ1n) is 9.14. The highest BCUT2D eigenvalue weighted by atomic mass is 19.4. The Kier molecular flexibility index (Phi) is 4.64. The summed E-state index contributed by atoms with van der Waals surface area (Å²) in [5.74, 6) is -1.11. The second-order valence-corrected chi connectivity index (χ2v) is 7.07. The maximum atomic E-state index is 13.1. The lowest BCUT2D eigenvalue weighted by Gasteiger charge is -2.10. The van der Waals surface area contributed by atoms with Crippen LogP contribution in [0.4, 0.5) is 13.2 Å². The molecule has 3 N–H and O–H groups in total. The first-order chi connectivity index (χ1) is 14.6. The Bertz CT molecular complexity index is 1400. The predicted molar refractivity (Wildman–Crippen MR) is 108 cm³/mol. The minimum atomic E-state index is -4.57. The number of alkyl halides is 3. The fourth-order valence-corrected chi connectivity index (χ4v) is 3.23. The maximum absolute atomic E-state index is 13.1. The summed E-state index contributed by atoms with van der Waals surface area (Å²) in [5, 5.41) is 0. The molecule has 4 aromatic rings. The number of hydrogen-bond donors (Lipinski definition) is 2. The number of benzene rings is 2. The normalized spacial score (nSPS) is 11.8. The van der Waals surface area contributed by atoms with E-state index < -0.39 is 23.3 Å². The first kappa shape index (κ1) is 20.3. The Labute approximate surface area is 173 Å². The van der Waals surface area contributed by atoms with Crippen molar-refractivity contribution in [1.82, 2.24) is 19.5 Å². The third-order valence-corrected chi connectivity index (χ3v) is 4.97. The molecule has 2 aromatic carbocycles. The number of aromatic nitrogens is 4. The molecule has 0 aliphatic carbocycles. The van der Waals surface area contributed by atoms with E-state index >= 15 is 0 Å². The fourth-order valence-electron chi connectivity index (χ4n) is 3.23. The predicted octanol–water partition coefficient (Wildman–Crippen LogP) is 3.51. The van der Waals surface area contributed by atoms with Gasteiger partial charge in [0.2, 0.25) is 0 Å². The van der Waals surface area contributed by atoms with Crippen LogP contribution < -0.4 is 11.4 Å². The molecule has 0 atom stereocenters. The molecule has 0 unspecified atom stereocenters. The number of nitrogens with two attached hydrogens (primary N) is 1. The lowest BCUT2D eigenvalue weighted by atomic mass is 10.1. The SMILES string of the molecule is Cc1ccc(-n2c(=O)[nH]c3c(C(N)=O)nc(-c4cccc(C(F)(F)F)c4)nc32)cc1C. The Morgan fingerprint density at radius 2 is 1.81 bits per heavy atom. The molecule has 0 radical (unpaired) electrons. The van der Waals surface area contributed by atoms with Gasteiger partial charge in [0.1, 0.15) is 5.52 Å². The van der Waals surface area contributed by atoms with Crippen molar-refractivity contribution in [3.8, 4) is 17.1 Å². The van der Waals surface area contributed by atoms with Gasteiger partial charge < -0.3 is 10.7 Å². The van der Waals surface area contributed by atoms with Crippen molar-refractivity contribution in [1.29, 1.82) is 0 Å². The van der Waals surface area contributed by atoms with E-state index in [4.69, 9.17) is 5.73 Å². The number of carbonyl (C=O) groups is 1. The lowest BCUT2D eigenvalue weighted by molar-refractivity contribution is -0.137. The Morgan fingerprint density at radius 3 is 2.45 bits per heavy atom. The van der Waals surface area contributed by atoms with E-state index in [0.717, 1.165) is 23.3 Å². The van der Waals surface area contributed by atoms with E-state index in [1.54, 1.807) is 12.1 Å². The Balaban J connectivity index is 2.02. The van der Waals surface area contributed by atoms with Crippen molar-refractivity contribution in [2.24, 2.45) is 5.73 Å². The topological polar surface area (TPSA) is 107 Å². The Hall–Kier alpha value is -3.95. The van der Waals surface area contributed by atoms with Gasteiger partial charge in [-0.1, -0.05) is 18.2 Å². The number of aromatic amines is 1. The zero-order valence-corrected chi connectivity index (χ0v) is 16.4. The molecule has 0 spiro atoms. The summed E-state index contributed by atoms with van der Waals surface area (Å²) in [6.45, 7) is 3.78. The number of hydrogen-bond acceptors (Lipinski definition) is 4. The lowest BCUT2D eigenvalue weighted by Crippen LogP contribution is -2.15. The molecule has 0 aliphatic heterocycles. The number of rotatable bonds is 3. The Morgan fingerprint density at radius 1 is 1.06 bits per heavy atom. The number of nitrogens with zero attached hydrogens (tertiary/aromatic N) is 3. The standard InChI is InChI=1S/C21H16F3N5O2/c1-10-6-7-14(8-11(10)2)29-19-16(27-20(29)31)15(17(25)30)26-18(28-19)12-4-3-5-13(9-12)21(22,23)24/h3-9H,1-2H3,(H2,25,30)(H,27,31). The van der Waals surface area contributed by atoms with Crippen LogP contribution in [0.1, 0.15) is 27.2 Å². The van der Waals surface area contributed by atoms with Crippen molar-refractivity contribution >= 4 is 17.1 Å². The van der Waals surface area contributed by atoms with Crippen LogP contribution in [0.5, 0.6) is 0 Å². The molecule has 0 fully saturated rings. The van der Waals surface area contributed by atoms with Crippen molar-refractivity contribution in [3.05, 3.63) is 75.3 Å². The third-order valence-electron chi connectivity index (χ3n) is 4.97. The van der Waals surface area contributed by atoms with Crippen LogP contribution in [0.3, 0.4) is 0 Å². The highest BCUT2D eigenvalue weighted by molar-refractivity contribution is 6.02. The highest BCUT2D eigenvalue weighted by Crippen LogP contribution is 2.32. The van der Waals surface area contributed by atoms with E-state index in [9.17, 15) is 22.8 Å². The summed E-state index contributed by atoms with van der Waals surface area (Å²) in [5.41, 5.74) is 6.12. The fraction of sp³-hybridized carbons (Fsp3) is 0.143. The monoisotopic (exact) mass is 427 g/mol. The number of primary amides is 1. The molecular formula is C21H16F3N5O2. The second-order valence-electron chi connectivity index (χ2n) is 7.07. The number of carbonyl (C=O) groups excluding carboxylic acids is 1. The molecule has 0 bridgehead atoms. The van der Waals surface area contributed by atoms with Crippen LogP contribution in [-0.2, 0) is 6.18 Å². The number of aryl methyl sites for hydroxylation is 2. The van der Waals surface area contributed by atoms with Gasteiger partial charge in [0.15, 0.2) is 17.2 Å². The molecule has 2 aromatic heterocycles. The molecule has 1 amide bonds. The van der Waals surface area contributed by atoms with Gasteiger partial charge in [-0.15, -0.1) is 0 Å². The van der Waals surface area contributed by atoms with Crippen molar-refractivity contribution < 1.29 is 18.0 Å². The number of halogens is 3. The first-order valence-corrected chi connectivity index (χ1v) is 9.14. The minimum absolute atomic E-state index is 0.00598. The summed E-state index contributed by atoms with van der Waals surface area (Å²) < 4.78 is 40.6. The van der Waals surface area contributed by atoms with Gasteiger partial charge in [-0.05, 0) is 49.2 Å². The second kappa shape index (κ2) is 7.08. The maximum Gasteiger partial charge on any atom is 0.416 e. The molecule has 10 heteroatoms. The van der Waals surface area contributed by atoms with Crippen LogP contribution in [-0.4, -0.2) is 25.4 Å². The van der Waals surface area contributed by atoms with Crippen LogP contribution in [0.25, 0.3) is 28.2 Å². The molecule has 4 rings (SSSR count). The summed E-state index contributed by atoms with van der Waals surface area (Å²) in [4.78, 5) is 35.6. The zero-order chi connectivity index (χ0) is 22.5. The largest absolute Gasteiger partial charge is 0.416 e. The molecule has 0 saturated carbocycles. The molecule has 2 heterocycles. The quantitative estimate of drug-likeness (QED) is 0.522. The number of nitrogens with one attached hydrogen (secondary N) is 1. The third kappa shape index (κ3) is 3.56. The van der Waals surface area contributed by atoms with Crippen LogP contribution in [0.2, 0.25) is 0 Å². The molecule has 31 heavy (non-hydrogen) atoms. The zero-order valence-electron chi connectivity index (χ0n) is 16.4. The number of amides is 1. The molecule has 0 saturated heterocycles. The van der Waals surface area contributed by atoms with Crippen LogP contribution in [0.15, 0.2) is 47.3 Å². The van der Waals surface area contributed by atoms with Crippen LogP contribution in [0, 0.1) is 13.8 Å². The smallest absolute Gasteiger partial charge is 0.364 e. The number of fused-ring (bicyclic) bond motifs is 1. The van der Waals surface area contributed by atoms with Gasteiger partial charge in [-0.3, -0.25) is 4.79 Å². The average Bonchev–Trinajstić information content (AvgIpc) is 3.04. The van der Waals surface area contributed by atoms with Gasteiger partial charge in [0.05, 0.1) is 11.3 Å². The van der Waals surface area contributed by atoms with Crippen molar-refractivity contribution in [3.63, 3.8) is 0 Å². The molecule has 158 valence electrons. The van der Waals surface area contributed by atoms with Gasteiger partial charge >= 0.3 is 11.9 Å². The van der Waals surface area contributed by atoms with Crippen molar-refractivity contribution in [2.75, 3.05) is 0 Å². The van der Waals surface area contributed by atoms with E-state index in [0.29, 0.717) is 5.69 Å². The van der Waals surface area contributed by atoms with Crippen LogP contribution >= 0.6 is 0 Å². The van der Waals surface area contributed by atoms with E-state index in [-0.39, 0.29) is 28.2 Å². The minimum Gasteiger partial charge on any atom is -0.364 e. The molecule has 0 aliphatic rings. The van der Waals surface area contributed by atoms with E-state index in [2.05, 4.69) is 15.0 Å². The summed E-state index contributed by atoms with van der Waals surface area (Å²) in [6.07, 6.45) is -4.57. The van der Waals surface area contributed by atoms with Gasteiger partial charge in [0.25, 0.3) is 5.91 Å². The summed E-state index contributed by atoms with van der Waals surface area (Å²) >= 11 is 0. The molecule has 7 nitrogen and oxygen atoms in total. The van der Waals surface area contributed by atoms with Gasteiger partial charge in [-0.2, -0.15) is 13.2 Å². The summed E-state index contributed by atoms with van der Waals surface area (Å²) in [7, 11) is 0. The van der Waals surface area contributed by atoms with Gasteiger partial charge in [-0.25, -0.2) is 19.3 Å². The highest BCUT2D eigenvalue weighted by Gasteiger charge is 2.31. The summed E-state index contributed by atoms with van der Waals surface area (Å²) in [6, 6.07) is 9.66. The average molecular weight is 427 g/mol. The molecular weight excluding hydrogens is 411 g/mol.